The largest absolute Gasteiger partial charge is 0.464 e. The second-order valence-electron chi connectivity index (χ2n) is 4.62. The highest BCUT2D eigenvalue weighted by Gasteiger charge is 2.31. The quantitative estimate of drug-likeness (QED) is 0.806. The van der Waals surface area contributed by atoms with E-state index in [4.69, 9.17) is 4.74 Å². The lowest BCUT2D eigenvalue weighted by molar-refractivity contribution is 0.481. The summed E-state index contributed by atoms with van der Waals surface area (Å²) in [6.45, 7) is 4.70. The van der Waals surface area contributed by atoms with Crippen LogP contribution in [0.2, 0.25) is 0 Å². The number of hydrogen-bond donors (Lipinski definition) is 1. The molecule has 1 aromatic heterocycles. The van der Waals surface area contributed by atoms with Crippen molar-refractivity contribution < 1.29 is 4.74 Å². The average Bonchev–Trinajstić information content (AvgIpc) is 2.89. The lowest BCUT2D eigenvalue weighted by atomic mass is 10.00. The summed E-state index contributed by atoms with van der Waals surface area (Å²) in [5, 5.41) is 3.51. The lowest BCUT2D eigenvalue weighted by Crippen LogP contribution is -2.20. The van der Waals surface area contributed by atoms with Crippen LogP contribution in [0.3, 0.4) is 0 Å². The normalized spacial score (nSPS) is 26.5. The maximum absolute atomic E-state index is 5.26. The Kier molecular flexibility index (Phi) is 2.69. The summed E-state index contributed by atoms with van der Waals surface area (Å²) in [7, 11) is 0. The van der Waals surface area contributed by atoms with Crippen LogP contribution in [0.5, 0.6) is 5.75 Å². The third-order valence-corrected chi connectivity index (χ3v) is 3.57. The molecule has 88 valence electrons. The number of hydrogen-bond acceptors (Lipinski definition) is 3. The molecule has 0 aromatic carbocycles. The number of allylic oxidation sites excluding steroid dienone is 1. The van der Waals surface area contributed by atoms with E-state index in [-0.39, 0.29) is 0 Å². The lowest BCUT2D eigenvalue weighted by Gasteiger charge is -2.07. The highest BCUT2D eigenvalue weighted by atomic mass is 16.5. The minimum Gasteiger partial charge on any atom is -0.464 e. The summed E-state index contributed by atoms with van der Waals surface area (Å²) in [6.07, 6.45) is 9.81. The van der Waals surface area contributed by atoms with Crippen LogP contribution in [0.15, 0.2) is 37.4 Å². The molecule has 0 radical (unpaired) electrons. The number of pyridine rings is 1. The van der Waals surface area contributed by atoms with Gasteiger partial charge in [0.2, 0.25) is 0 Å². The van der Waals surface area contributed by atoms with Crippen molar-refractivity contribution in [3.63, 3.8) is 0 Å². The molecule has 1 aliphatic heterocycles. The highest BCUT2D eigenvalue weighted by molar-refractivity contribution is 5.69. The monoisotopic (exact) mass is 228 g/mol. The Hall–Kier alpha value is -1.61. The first-order chi connectivity index (χ1) is 8.36. The molecule has 2 atom stereocenters. The van der Waals surface area contributed by atoms with E-state index in [0.717, 1.165) is 24.6 Å². The zero-order chi connectivity index (χ0) is 11.7. The molecule has 0 spiro atoms. The fourth-order valence-electron chi connectivity index (χ4n) is 2.74. The number of fused-ring (bicyclic) bond motifs is 1. The molecule has 3 nitrogen and oxygen atoms in total. The first kappa shape index (κ1) is 10.5. The zero-order valence-corrected chi connectivity index (χ0v) is 9.73. The third kappa shape index (κ3) is 1.98. The molecule has 1 fully saturated rings. The summed E-state index contributed by atoms with van der Waals surface area (Å²) < 4.78 is 5.26. The van der Waals surface area contributed by atoms with Gasteiger partial charge in [-0.15, -0.1) is 0 Å². The average molecular weight is 228 g/mol. The predicted molar refractivity (Wildman–Crippen MR) is 67.6 cm³/mol. The molecule has 0 bridgehead atoms. The maximum Gasteiger partial charge on any atom is 0.145 e. The van der Waals surface area contributed by atoms with E-state index in [9.17, 15) is 0 Å². The van der Waals surface area contributed by atoms with Crippen LogP contribution in [0.1, 0.15) is 18.4 Å². The Morgan fingerprint density at radius 2 is 2.41 bits per heavy atom. The van der Waals surface area contributed by atoms with Crippen LogP contribution in [0.4, 0.5) is 0 Å². The van der Waals surface area contributed by atoms with Crippen LogP contribution in [-0.4, -0.2) is 17.6 Å². The highest BCUT2D eigenvalue weighted by Crippen LogP contribution is 2.37. The summed E-state index contributed by atoms with van der Waals surface area (Å²) in [4.78, 5) is 4.21. The number of ether oxygens (including phenoxy) is 1. The number of rotatable bonds is 3. The number of nitrogens with one attached hydrogen (secondary N) is 1. The molecule has 1 aromatic rings. The Labute approximate surface area is 101 Å². The summed E-state index contributed by atoms with van der Waals surface area (Å²) >= 11 is 0. The molecule has 1 N–H and O–H groups in total. The molecule has 3 rings (SSSR count). The fraction of sp³-hybridized carbons (Fsp3) is 0.357. The second kappa shape index (κ2) is 4.34. The van der Waals surface area contributed by atoms with Gasteiger partial charge in [0, 0.05) is 12.2 Å². The third-order valence-electron chi connectivity index (χ3n) is 3.57. The van der Waals surface area contributed by atoms with Gasteiger partial charge in [0.15, 0.2) is 0 Å². The molecular weight excluding hydrogens is 212 g/mol. The molecule has 0 saturated carbocycles. The molecule has 2 aliphatic rings. The van der Waals surface area contributed by atoms with Gasteiger partial charge in [-0.3, -0.25) is 4.98 Å². The molecule has 1 aliphatic carbocycles. The van der Waals surface area contributed by atoms with Crippen molar-refractivity contribution >= 4 is 5.57 Å². The van der Waals surface area contributed by atoms with Gasteiger partial charge in [0.25, 0.3) is 0 Å². The minimum atomic E-state index is 0.564. The Morgan fingerprint density at radius 1 is 1.47 bits per heavy atom. The van der Waals surface area contributed by atoms with Gasteiger partial charge in [-0.1, -0.05) is 12.7 Å². The van der Waals surface area contributed by atoms with Crippen molar-refractivity contribution in [1.82, 2.24) is 10.3 Å². The van der Waals surface area contributed by atoms with E-state index in [2.05, 4.69) is 23.0 Å². The van der Waals surface area contributed by atoms with Crippen LogP contribution in [-0.2, 0) is 0 Å². The van der Waals surface area contributed by atoms with E-state index in [1.165, 1.54) is 23.8 Å². The predicted octanol–water partition coefficient (Wildman–Crippen LogP) is 2.37. The van der Waals surface area contributed by atoms with Gasteiger partial charge in [0.1, 0.15) is 5.75 Å². The van der Waals surface area contributed by atoms with Crippen molar-refractivity contribution in [3.8, 4) is 5.75 Å². The van der Waals surface area contributed by atoms with Crippen molar-refractivity contribution in [2.24, 2.45) is 5.92 Å². The molecule has 2 unspecified atom stereocenters. The summed E-state index contributed by atoms with van der Waals surface area (Å²) in [5.74, 6) is 1.53. The molecule has 17 heavy (non-hydrogen) atoms. The van der Waals surface area contributed by atoms with Gasteiger partial charge in [0.05, 0.1) is 12.5 Å². The molecular formula is C14H16N2O. The summed E-state index contributed by atoms with van der Waals surface area (Å²) in [5.41, 5.74) is 2.55. The molecule has 3 heteroatoms. The molecule has 1 saturated heterocycles. The fourth-order valence-corrected chi connectivity index (χ4v) is 2.74. The van der Waals surface area contributed by atoms with Gasteiger partial charge in [-0.05, 0) is 42.5 Å². The SMILES string of the molecule is C=COc1cncc(C2=CC3NCCC3C2)c1. The van der Waals surface area contributed by atoms with Gasteiger partial charge in [-0.2, -0.15) is 0 Å². The van der Waals surface area contributed by atoms with Crippen molar-refractivity contribution in [3.05, 3.63) is 42.9 Å². The van der Waals surface area contributed by atoms with Gasteiger partial charge in [-0.25, -0.2) is 0 Å². The van der Waals surface area contributed by atoms with Crippen LogP contribution in [0.25, 0.3) is 5.57 Å². The van der Waals surface area contributed by atoms with Crippen LogP contribution in [0, 0.1) is 5.92 Å². The van der Waals surface area contributed by atoms with Crippen LogP contribution < -0.4 is 10.1 Å². The second-order valence-corrected chi connectivity index (χ2v) is 4.62. The van der Waals surface area contributed by atoms with Gasteiger partial charge < -0.3 is 10.1 Å². The topological polar surface area (TPSA) is 34.1 Å². The minimum absolute atomic E-state index is 0.564. The number of nitrogens with zero attached hydrogens (tertiary/aromatic N) is 1. The van der Waals surface area contributed by atoms with Crippen LogP contribution >= 0.6 is 0 Å². The van der Waals surface area contributed by atoms with Crippen molar-refractivity contribution in [2.75, 3.05) is 6.54 Å². The maximum atomic E-state index is 5.26. The molecule has 2 heterocycles. The zero-order valence-electron chi connectivity index (χ0n) is 9.73. The van der Waals surface area contributed by atoms with E-state index in [1.807, 2.05) is 12.3 Å². The van der Waals surface area contributed by atoms with E-state index >= 15 is 0 Å². The van der Waals surface area contributed by atoms with E-state index in [0.29, 0.717) is 6.04 Å². The van der Waals surface area contributed by atoms with E-state index in [1.54, 1.807) is 6.20 Å². The first-order valence-corrected chi connectivity index (χ1v) is 6.04. The first-order valence-electron chi connectivity index (χ1n) is 6.04. The van der Waals surface area contributed by atoms with Gasteiger partial charge >= 0.3 is 0 Å². The van der Waals surface area contributed by atoms with Crippen molar-refractivity contribution in [1.29, 1.82) is 0 Å². The molecule has 0 amide bonds. The smallest absolute Gasteiger partial charge is 0.145 e. The Morgan fingerprint density at radius 3 is 3.24 bits per heavy atom. The Balaban J connectivity index is 1.84. The van der Waals surface area contributed by atoms with Crippen molar-refractivity contribution in [2.45, 2.75) is 18.9 Å². The summed E-state index contributed by atoms with van der Waals surface area (Å²) in [6, 6.07) is 2.59. The number of aromatic nitrogens is 1. The standard InChI is InChI=1S/C14H16N2O/c1-2-17-13-6-12(8-15-9-13)11-5-10-3-4-16-14(10)7-11/h2,6-10,14,16H,1,3-5H2. The Bertz CT molecular complexity index is 467. The van der Waals surface area contributed by atoms with E-state index < -0.39 is 0 Å².